The maximum atomic E-state index is 12.9. The van der Waals surface area contributed by atoms with Crippen molar-refractivity contribution in [3.05, 3.63) is 54.6 Å². The molecule has 4 rings (SSSR count). The topological polar surface area (TPSA) is 81.8 Å². The summed E-state index contributed by atoms with van der Waals surface area (Å²) in [6.45, 7) is 3.86. The van der Waals surface area contributed by atoms with Gasteiger partial charge in [0.2, 0.25) is 5.91 Å². The van der Waals surface area contributed by atoms with Crippen LogP contribution in [0.5, 0.6) is 0 Å². The van der Waals surface area contributed by atoms with Crippen LogP contribution in [0.1, 0.15) is 19.8 Å². The fourth-order valence-corrected chi connectivity index (χ4v) is 3.80. The molecule has 0 aromatic heterocycles. The van der Waals surface area contributed by atoms with Gasteiger partial charge in [-0.05, 0) is 31.4 Å². The number of anilines is 1. The normalized spacial score (nSPS) is 17.6. The molecule has 2 N–H and O–H groups in total. The summed E-state index contributed by atoms with van der Waals surface area (Å²) in [5, 5.41) is 5.80. The number of carbonyl (C=O) groups is 3. The van der Waals surface area contributed by atoms with Gasteiger partial charge in [-0.25, -0.2) is 0 Å². The molecule has 1 aliphatic heterocycles. The van der Waals surface area contributed by atoms with Gasteiger partial charge in [-0.15, -0.1) is 0 Å². The molecule has 0 bridgehead atoms. The third kappa shape index (κ3) is 5.11. The zero-order valence-corrected chi connectivity index (χ0v) is 17.7. The van der Waals surface area contributed by atoms with Crippen LogP contribution in [0.3, 0.4) is 0 Å². The number of benzene rings is 2. The highest BCUT2D eigenvalue weighted by Gasteiger charge is 2.32. The Morgan fingerprint density at radius 1 is 0.903 bits per heavy atom. The van der Waals surface area contributed by atoms with Crippen molar-refractivity contribution in [2.24, 2.45) is 0 Å². The zero-order chi connectivity index (χ0) is 21.8. The van der Waals surface area contributed by atoms with Crippen molar-refractivity contribution in [1.82, 2.24) is 15.1 Å². The van der Waals surface area contributed by atoms with Gasteiger partial charge in [0, 0.05) is 43.5 Å². The Bertz CT molecular complexity index is 950. The SMILES string of the molecule is CC(C(=O)Nc1ccccc1-c1ccccc1)N1CCN(C(=O)C(=O)NC2CC2)CC1. The van der Waals surface area contributed by atoms with E-state index in [-0.39, 0.29) is 18.0 Å². The molecule has 7 heteroatoms. The molecule has 3 amide bonds. The minimum Gasteiger partial charge on any atom is -0.345 e. The molecule has 1 unspecified atom stereocenters. The average Bonchev–Trinajstić information content (AvgIpc) is 3.63. The van der Waals surface area contributed by atoms with E-state index in [0.29, 0.717) is 26.2 Å². The molecular weight excluding hydrogens is 392 g/mol. The summed E-state index contributed by atoms with van der Waals surface area (Å²) in [7, 11) is 0. The number of rotatable bonds is 5. The number of hydrogen-bond acceptors (Lipinski definition) is 4. The molecule has 162 valence electrons. The predicted molar refractivity (Wildman–Crippen MR) is 119 cm³/mol. The second kappa shape index (κ2) is 9.31. The number of nitrogens with zero attached hydrogens (tertiary/aromatic N) is 2. The van der Waals surface area contributed by atoms with E-state index in [0.717, 1.165) is 29.7 Å². The lowest BCUT2D eigenvalue weighted by Crippen LogP contribution is -2.56. The summed E-state index contributed by atoms with van der Waals surface area (Å²) >= 11 is 0. The average molecular weight is 421 g/mol. The number of piperazine rings is 1. The van der Waals surface area contributed by atoms with Crippen molar-refractivity contribution in [1.29, 1.82) is 0 Å². The van der Waals surface area contributed by atoms with Crippen molar-refractivity contribution in [2.75, 3.05) is 31.5 Å². The van der Waals surface area contributed by atoms with E-state index in [4.69, 9.17) is 0 Å². The van der Waals surface area contributed by atoms with Gasteiger partial charge in [0.1, 0.15) is 0 Å². The lowest BCUT2D eigenvalue weighted by Gasteiger charge is -2.37. The Hall–Kier alpha value is -3.19. The van der Waals surface area contributed by atoms with E-state index >= 15 is 0 Å². The van der Waals surface area contributed by atoms with Crippen molar-refractivity contribution < 1.29 is 14.4 Å². The number of hydrogen-bond donors (Lipinski definition) is 2. The van der Waals surface area contributed by atoms with Crippen LogP contribution in [0.15, 0.2) is 54.6 Å². The largest absolute Gasteiger partial charge is 0.345 e. The van der Waals surface area contributed by atoms with Crippen LogP contribution in [0.4, 0.5) is 5.69 Å². The van der Waals surface area contributed by atoms with Crippen molar-refractivity contribution in [3.8, 4) is 11.1 Å². The first-order chi connectivity index (χ1) is 15.0. The zero-order valence-electron chi connectivity index (χ0n) is 17.7. The molecule has 0 radical (unpaired) electrons. The molecule has 1 saturated carbocycles. The van der Waals surface area contributed by atoms with E-state index in [2.05, 4.69) is 10.6 Å². The highest BCUT2D eigenvalue weighted by Crippen LogP contribution is 2.27. The fraction of sp³-hybridized carbons (Fsp3) is 0.375. The van der Waals surface area contributed by atoms with Gasteiger partial charge in [0.25, 0.3) is 0 Å². The van der Waals surface area contributed by atoms with Gasteiger partial charge in [-0.2, -0.15) is 0 Å². The first-order valence-electron chi connectivity index (χ1n) is 10.8. The Kier molecular flexibility index (Phi) is 6.32. The lowest BCUT2D eigenvalue weighted by molar-refractivity contribution is -0.147. The smallest absolute Gasteiger partial charge is 0.311 e. The highest BCUT2D eigenvalue weighted by molar-refractivity contribution is 6.35. The second-order valence-corrected chi connectivity index (χ2v) is 8.15. The molecule has 2 aromatic rings. The van der Waals surface area contributed by atoms with Crippen molar-refractivity contribution in [3.63, 3.8) is 0 Å². The Morgan fingerprint density at radius 3 is 2.23 bits per heavy atom. The number of carbonyl (C=O) groups excluding carboxylic acids is 3. The predicted octanol–water partition coefficient (Wildman–Crippen LogP) is 2.10. The third-order valence-electron chi connectivity index (χ3n) is 5.91. The minimum atomic E-state index is -0.515. The summed E-state index contributed by atoms with van der Waals surface area (Å²) in [6, 6.07) is 17.5. The van der Waals surface area contributed by atoms with Crippen LogP contribution in [0, 0.1) is 0 Å². The molecule has 2 fully saturated rings. The van der Waals surface area contributed by atoms with Crippen LogP contribution in [-0.2, 0) is 14.4 Å². The summed E-state index contributed by atoms with van der Waals surface area (Å²) in [4.78, 5) is 40.9. The number of nitrogens with one attached hydrogen (secondary N) is 2. The number of para-hydroxylation sites is 1. The Labute approximate surface area is 182 Å². The molecule has 31 heavy (non-hydrogen) atoms. The molecule has 2 aromatic carbocycles. The molecule has 1 saturated heterocycles. The van der Waals surface area contributed by atoms with E-state index in [1.54, 1.807) is 4.90 Å². The van der Waals surface area contributed by atoms with Gasteiger partial charge in [0.05, 0.1) is 6.04 Å². The minimum absolute atomic E-state index is 0.0883. The monoisotopic (exact) mass is 420 g/mol. The molecule has 1 heterocycles. The van der Waals surface area contributed by atoms with Crippen LogP contribution in [0.25, 0.3) is 11.1 Å². The molecule has 1 aliphatic carbocycles. The summed E-state index contributed by atoms with van der Waals surface area (Å²) in [6.07, 6.45) is 1.90. The molecule has 2 aliphatic rings. The van der Waals surface area contributed by atoms with E-state index in [9.17, 15) is 14.4 Å². The molecule has 1 atom stereocenters. The maximum Gasteiger partial charge on any atom is 0.311 e. The number of amides is 3. The van der Waals surface area contributed by atoms with Gasteiger partial charge in [-0.1, -0.05) is 48.5 Å². The lowest BCUT2D eigenvalue weighted by atomic mass is 10.0. The van der Waals surface area contributed by atoms with Gasteiger partial charge < -0.3 is 15.5 Å². The molecule has 0 spiro atoms. The third-order valence-corrected chi connectivity index (χ3v) is 5.91. The molecular formula is C24H28N4O3. The van der Waals surface area contributed by atoms with Gasteiger partial charge >= 0.3 is 11.8 Å². The first-order valence-corrected chi connectivity index (χ1v) is 10.8. The summed E-state index contributed by atoms with van der Waals surface area (Å²) in [5.74, 6) is -1.07. The summed E-state index contributed by atoms with van der Waals surface area (Å²) < 4.78 is 0. The van der Waals surface area contributed by atoms with Gasteiger partial charge in [0.15, 0.2) is 0 Å². The van der Waals surface area contributed by atoms with Crippen LogP contribution >= 0.6 is 0 Å². The van der Waals surface area contributed by atoms with E-state index in [1.165, 1.54) is 0 Å². The van der Waals surface area contributed by atoms with Crippen LogP contribution in [-0.4, -0.2) is 65.8 Å². The Morgan fingerprint density at radius 2 is 1.55 bits per heavy atom. The fourth-order valence-electron chi connectivity index (χ4n) is 3.80. The van der Waals surface area contributed by atoms with Crippen LogP contribution < -0.4 is 10.6 Å². The Balaban J connectivity index is 1.33. The van der Waals surface area contributed by atoms with Crippen molar-refractivity contribution >= 4 is 23.4 Å². The second-order valence-electron chi connectivity index (χ2n) is 8.15. The molecule has 7 nitrogen and oxygen atoms in total. The quantitative estimate of drug-likeness (QED) is 0.726. The van der Waals surface area contributed by atoms with Crippen LogP contribution in [0.2, 0.25) is 0 Å². The highest BCUT2D eigenvalue weighted by atomic mass is 16.2. The van der Waals surface area contributed by atoms with E-state index in [1.807, 2.05) is 66.4 Å². The summed E-state index contributed by atoms with van der Waals surface area (Å²) in [5.41, 5.74) is 2.79. The van der Waals surface area contributed by atoms with E-state index < -0.39 is 11.8 Å². The standard InChI is InChI=1S/C24H28N4O3/c1-17(27-13-15-28(16-14-27)24(31)23(30)25-19-11-12-19)22(29)26-21-10-6-5-9-20(21)18-7-3-2-4-8-18/h2-10,17,19H,11-16H2,1H3,(H,25,30)(H,26,29). The van der Waals surface area contributed by atoms with Crippen molar-refractivity contribution in [2.45, 2.75) is 31.8 Å². The first kappa shape index (κ1) is 21.1. The maximum absolute atomic E-state index is 12.9. The van der Waals surface area contributed by atoms with Gasteiger partial charge in [-0.3, -0.25) is 19.3 Å².